The van der Waals surface area contributed by atoms with E-state index in [9.17, 15) is 0 Å². The highest BCUT2D eigenvalue weighted by molar-refractivity contribution is 6.15. The van der Waals surface area contributed by atoms with Crippen molar-refractivity contribution in [2.24, 2.45) is 0 Å². The highest BCUT2D eigenvalue weighted by Crippen LogP contribution is 2.20. The van der Waals surface area contributed by atoms with Gasteiger partial charge in [0.25, 0.3) is 0 Å². The van der Waals surface area contributed by atoms with E-state index in [4.69, 9.17) is 18.2 Å². The lowest BCUT2D eigenvalue weighted by atomic mass is 10.3. The van der Waals surface area contributed by atoms with Crippen molar-refractivity contribution in [1.29, 1.82) is 0 Å². The smallest absolute Gasteiger partial charge is 0.189 e. The summed E-state index contributed by atoms with van der Waals surface area (Å²) in [6, 6.07) is 5.72. The lowest BCUT2D eigenvalue weighted by Gasteiger charge is -1.96. The summed E-state index contributed by atoms with van der Waals surface area (Å²) in [5, 5.41) is 0. The number of alkyl halides is 1. The normalized spacial score (nSPS) is 10.2. The summed E-state index contributed by atoms with van der Waals surface area (Å²) in [6.07, 6.45) is 1.67. The molecule has 2 rings (SSSR count). The topological polar surface area (TPSA) is 22.2 Å². The molecule has 0 spiro atoms. The first-order valence-electron chi connectivity index (χ1n) is 3.73. The summed E-state index contributed by atoms with van der Waals surface area (Å²) < 4.78 is 1.80. The second-order valence-corrected chi connectivity index (χ2v) is 2.86. The van der Waals surface area contributed by atoms with Crippen LogP contribution in [0.15, 0.2) is 24.5 Å². The van der Waals surface area contributed by atoms with Gasteiger partial charge in [-0.15, -0.1) is 11.6 Å². The van der Waals surface area contributed by atoms with Crippen LogP contribution in [0, 0.1) is 6.57 Å². The molecular formula is C9H6ClN3. The van der Waals surface area contributed by atoms with E-state index in [2.05, 4.69) is 9.83 Å². The molecule has 0 unspecified atom stereocenters. The molecule has 0 bridgehead atoms. The molecule has 0 radical (unpaired) electrons. The summed E-state index contributed by atoms with van der Waals surface area (Å²) in [6.45, 7) is 6.86. The molecule has 1 aromatic heterocycles. The monoisotopic (exact) mass is 191 g/mol. The second-order valence-electron chi connectivity index (χ2n) is 2.62. The standard InChI is InChI=1S/C9H6ClN3/c1-11-7-2-3-8-9(4-7)13(5-10)6-12-8/h2-4,6H,5H2. The van der Waals surface area contributed by atoms with E-state index >= 15 is 0 Å². The van der Waals surface area contributed by atoms with Gasteiger partial charge >= 0.3 is 0 Å². The molecule has 1 aromatic carbocycles. The molecule has 13 heavy (non-hydrogen) atoms. The number of nitrogens with zero attached hydrogens (tertiary/aromatic N) is 3. The number of aromatic nitrogens is 2. The fourth-order valence-electron chi connectivity index (χ4n) is 1.21. The molecule has 4 heteroatoms. The first-order valence-corrected chi connectivity index (χ1v) is 4.27. The maximum atomic E-state index is 6.86. The maximum Gasteiger partial charge on any atom is 0.189 e. The molecule has 0 saturated carbocycles. The zero-order valence-electron chi connectivity index (χ0n) is 6.74. The molecule has 3 nitrogen and oxygen atoms in total. The SMILES string of the molecule is [C-]#[N+]c1ccc2ncn(CCl)c2c1. The molecule has 0 amide bonds. The number of rotatable bonds is 1. The first kappa shape index (κ1) is 8.09. The molecule has 2 aromatic rings. The summed E-state index contributed by atoms with van der Waals surface area (Å²) in [5.74, 6) is 0. The average molecular weight is 192 g/mol. The molecular weight excluding hydrogens is 186 g/mol. The Kier molecular flexibility index (Phi) is 1.91. The number of halogens is 1. The van der Waals surface area contributed by atoms with Gasteiger partial charge in [-0.3, -0.25) is 0 Å². The van der Waals surface area contributed by atoms with Gasteiger partial charge in [0.1, 0.15) is 0 Å². The fraction of sp³-hybridized carbons (Fsp3) is 0.111. The maximum absolute atomic E-state index is 6.86. The van der Waals surface area contributed by atoms with Crippen molar-refractivity contribution >= 4 is 28.3 Å². The number of imidazole rings is 1. The zero-order valence-corrected chi connectivity index (χ0v) is 7.49. The Hall–Kier alpha value is -1.53. The van der Waals surface area contributed by atoms with Crippen LogP contribution >= 0.6 is 11.6 Å². The van der Waals surface area contributed by atoms with E-state index in [1.54, 1.807) is 23.0 Å². The lowest BCUT2D eigenvalue weighted by molar-refractivity contribution is 0.914. The Bertz CT molecular complexity index is 481. The molecule has 0 atom stereocenters. The zero-order chi connectivity index (χ0) is 9.26. The van der Waals surface area contributed by atoms with E-state index in [-0.39, 0.29) is 0 Å². The van der Waals surface area contributed by atoms with E-state index < -0.39 is 0 Å². The van der Waals surface area contributed by atoms with Gasteiger partial charge in [0.15, 0.2) is 5.69 Å². The van der Waals surface area contributed by atoms with Crippen molar-refractivity contribution in [3.05, 3.63) is 35.9 Å². The minimum absolute atomic E-state index is 0.359. The Morgan fingerprint density at radius 1 is 1.54 bits per heavy atom. The average Bonchev–Trinajstić information content (AvgIpc) is 2.59. The van der Waals surface area contributed by atoms with Gasteiger partial charge in [0.05, 0.1) is 29.9 Å². The first-order chi connectivity index (χ1) is 6.35. The minimum Gasteiger partial charge on any atom is -0.317 e. The van der Waals surface area contributed by atoms with E-state index in [1.807, 2.05) is 6.07 Å². The highest BCUT2D eigenvalue weighted by atomic mass is 35.5. The Morgan fingerprint density at radius 3 is 3.08 bits per heavy atom. The minimum atomic E-state index is 0.359. The quantitative estimate of drug-likeness (QED) is 0.502. The molecule has 0 aliphatic carbocycles. The summed E-state index contributed by atoms with van der Waals surface area (Å²) in [5.41, 5.74) is 2.39. The van der Waals surface area contributed by atoms with Crippen molar-refractivity contribution in [1.82, 2.24) is 9.55 Å². The molecule has 0 aliphatic rings. The molecule has 1 heterocycles. The van der Waals surface area contributed by atoms with Crippen LogP contribution in [0.2, 0.25) is 0 Å². The van der Waals surface area contributed by atoms with Crippen LogP contribution in [0.4, 0.5) is 5.69 Å². The van der Waals surface area contributed by atoms with Gasteiger partial charge in [-0.05, 0) is 12.1 Å². The summed E-state index contributed by atoms with van der Waals surface area (Å²) in [7, 11) is 0. The third kappa shape index (κ3) is 1.25. The third-order valence-electron chi connectivity index (χ3n) is 1.86. The summed E-state index contributed by atoms with van der Waals surface area (Å²) >= 11 is 5.69. The van der Waals surface area contributed by atoms with Crippen LogP contribution in [0.3, 0.4) is 0 Å². The number of fused-ring (bicyclic) bond motifs is 1. The number of benzene rings is 1. The van der Waals surface area contributed by atoms with Gasteiger partial charge in [-0.25, -0.2) is 9.83 Å². The molecule has 64 valence electrons. The van der Waals surface area contributed by atoms with Crippen molar-refractivity contribution in [3.8, 4) is 0 Å². The van der Waals surface area contributed by atoms with Crippen LogP contribution in [-0.2, 0) is 6.00 Å². The lowest BCUT2D eigenvalue weighted by Crippen LogP contribution is -1.87. The van der Waals surface area contributed by atoms with Crippen molar-refractivity contribution in [2.45, 2.75) is 6.00 Å². The molecule has 0 fully saturated rings. The number of hydrogen-bond acceptors (Lipinski definition) is 1. The molecule has 0 N–H and O–H groups in total. The van der Waals surface area contributed by atoms with Crippen LogP contribution in [0.25, 0.3) is 15.9 Å². The van der Waals surface area contributed by atoms with Gasteiger partial charge in [0, 0.05) is 0 Å². The molecule has 0 aliphatic heterocycles. The largest absolute Gasteiger partial charge is 0.317 e. The van der Waals surface area contributed by atoms with Crippen LogP contribution < -0.4 is 0 Å². The van der Waals surface area contributed by atoms with Crippen molar-refractivity contribution in [2.75, 3.05) is 0 Å². The van der Waals surface area contributed by atoms with Gasteiger partial charge in [-0.1, -0.05) is 6.07 Å². The van der Waals surface area contributed by atoms with E-state index in [1.165, 1.54) is 0 Å². The predicted octanol–water partition coefficient (Wildman–Crippen LogP) is 2.78. The number of hydrogen-bond donors (Lipinski definition) is 0. The van der Waals surface area contributed by atoms with Gasteiger partial charge in [-0.2, -0.15) is 0 Å². The van der Waals surface area contributed by atoms with Crippen LogP contribution in [-0.4, -0.2) is 9.55 Å². The Morgan fingerprint density at radius 2 is 2.38 bits per heavy atom. The molecule has 0 saturated heterocycles. The Balaban J connectivity index is 2.73. The van der Waals surface area contributed by atoms with Gasteiger partial charge in [0.2, 0.25) is 0 Å². The van der Waals surface area contributed by atoms with E-state index in [0.29, 0.717) is 11.7 Å². The highest BCUT2D eigenvalue weighted by Gasteiger charge is 2.01. The van der Waals surface area contributed by atoms with Crippen molar-refractivity contribution < 1.29 is 0 Å². The Labute approximate surface area is 80.4 Å². The predicted molar refractivity (Wildman–Crippen MR) is 51.8 cm³/mol. The van der Waals surface area contributed by atoms with Crippen LogP contribution in [0.1, 0.15) is 0 Å². The third-order valence-corrected chi connectivity index (χ3v) is 2.12. The van der Waals surface area contributed by atoms with Crippen LogP contribution in [0.5, 0.6) is 0 Å². The van der Waals surface area contributed by atoms with Gasteiger partial charge < -0.3 is 4.57 Å². The second kappa shape index (κ2) is 3.08. The van der Waals surface area contributed by atoms with Crippen molar-refractivity contribution in [3.63, 3.8) is 0 Å². The fourth-order valence-corrected chi connectivity index (χ4v) is 1.40. The summed E-state index contributed by atoms with van der Waals surface area (Å²) in [4.78, 5) is 7.48. The van der Waals surface area contributed by atoms with E-state index in [0.717, 1.165) is 11.0 Å².